The molecule has 108 valence electrons. The van der Waals surface area contributed by atoms with Gasteiger partial charge in [0.25, 0.3) is 0 Å². The van der Waals surface area contributed by atoms with Crippen LogP contribution in [0.1, 0.15) is 31.6 Å². The number of nitrogens with one attached hydrogen (secondary N) is 1. The standard InChI is InChI=1S/C13H19F3N2O/c1-10(12-3-2-8-19-12)17-6-7-18(11-4-5-11)9-13(14,15)16/h2-3,8,10-11,17H,4-7,9H2,1H3. The average molecular weight is 276 g/mol. The number of nitrogens with zero attached hydrogens (tertiary/aromatic N) is 1. The summed E-state index contributed by atoms with van der Waals surface area (Å²) in [6, 6.07) is 3.78. The van der Waals surface area contributed by atoms with E-state index in [0.717, 1.165) is 18.6 Å². The van der Waals surface area contributed by atoms with Crippen LogP contribution in [0.4, 0.5) is 13.2 Å². The van der Waals surface area contributed by atoms with E-state index in [1.54, 1.807) is 12.3 Å². The molecular formula is C13H19F3N2O. The van der Waals surface area contributed by atoms with Crippen LogP contribution in [0.2, 0.25) is 0 Å². The summed E-state index contributed by atoms with van der Waals surface area (Å²) in [7, 11) is 0. The number of hydrogen-bond acceptors (Lipinski definition) is 3. The van der Waals surface area contributed by atoms with Crippen molar-refractivity contribution in [2.75, 3.05) is 19.6 Å². The lowest BCUT2D eigenvalue weighted by atomic mass is 10.2. The second-order valence-corrected chi connectivity index (χ2v) is 5.01. The highest BCUT2D eigenvalue weighted by molar-refractivity contribution is 5.02. The molecule has 3 nitrogen and oxygen atoms in total. The predicted molar refractivity (Wildman–Crippen MR) is 65.8 cm³/mol. The van der Waals surface area contributed by atoms with Crippen LogP contribution in [0.15, 0.2) is 22.8 Å². The number of hydrogen-bond donors (Lipinski definition) is 1. The van der Waals surface area contributed by atoms with E-state index in [1.807, 2.05) is 13.0 Å². The summed E-state index contributed by atoms with van der Waals surface area (Å²) in [6.07, 6.45) is -0.767. The largest absolute Gasteiger partial charge is 0.468 e. The van der Waals surface area contributed by atoms with Gasteiger partial charge in [0.1, 0.15) is 5.76 Å². The van der Waals surface area contributed by atoms with Crippen molar-refractivity contribution in [2.24, 2.45) is 0 Å². The number of rotatable bonds is 7. The third kappa shape index (κ3) is 4.87. The van der Waals surface area contributed by atoms with Gasteiger partial charge in [0, 0.05) is 19.1 Å². The van der Waals surface area contributed by atoms with E-state index in [4.69, 9.17) is 4.42 Å². The van der Waals surface area contributed by atoms with Gasteiger partial charge in [0.05, 0.1) is 18.8 Å². The Labute approximate surface area is 110 Å². The normalized spacial score (nSPS) is 17.9. The molecule has 0 amide bonds. The first-order valence-electron chi connectivity index (χ1n) is 6.53. The lowest BCUT2D eigenvalue weighted by Gasteiger charge is -2.24. The highest BCUT2D eigenvalue weighted by Crippen LogP contribution is 2.29. The van der Waals surface area contributed by atoms with Crippen LogP contribution in [-0.2, 0) is 0 Å². The van der Waals surface area contributed by atoms with E-state index in [-0.39, 0.29) is 12.1 Å². The molecule has 0 spiro atoms. The fourth-order valence-corrected chi connectivity index (χ4v) is 2.12. The van der Waals surface area contributed by atoms with E-state index in [1.165, 1.54) is 4.90 Å². The fraction of sp³-hybridized carbons (Fsp3) is 0.692. The van der Waals surface area contributed by atoms with Gasteiger partial charge in [-0.05, 0) is 31.9 Å². The summed E-state index contributed by atoms with van der Waals surface area (Å²) in [4.78, 5) is 1.52. The first kappa shape index (κ1) is 14.4. The Bertz CT molecular complexity index is 374. The highest BCUT2D eigenvalue weighted by Gasteiger charge is 2.37. The first-order chi connectivity index (χ1) is 8.96. The highest BCUT2D eigenvalue weighted by atomic mass is 19.4. The van der Waals surface area contributed by atoms with Crippen LogP contribution in [0.3, 0.4) is 0 Å². The van der Waals surface area contributed by atoms with Gasteiger partial charge in [0.2, 0.25) is 0 Å². The minimum absolute atomic E-state index is 0.0157. The molecule has 1 fully saturated rings. The molecular weight excluding hydrogens is 257 g/mol. The van der Waals surface area contributed by atoms with Gasteiger partial charge < -0.3 is 9.73 Å². The van der Waals surface area contributed by atoms with E-state index >= 15 is 0 Å². The van der Waals surface area contributed by atoms with Crippen molar-refractivity contribution in [3.63, 3.8) is 0 Å². The van der Waals surface area contributed by atoms with Gasteiger partial charge in [-0.25, -0.2) is 0 Å². The van der Waals surface area contributed by atoms with Crippen LogP contribution < -0.4 is 5.32 Å². The molecule has 0 aliphatic heterocycles. The summed E-state index contributed by atoms with van der Waals surface area (Å²) in [5, 5.41) is 3.18. The Morgan fingerprint density at radius 2 is 2.21 bits per heavy atom. The van der Waals surface area contributed by atoms with Gasteiger partial charge in [-0.3, -0.25) is 4.90 Å². The Balaban J connectivity index is 1.73. The molecule has 1 saturated carbocycles. The van der Waals surface area contributed by atoms with Crippen molar-refractivity contribution in [2.45, 2.75) is 38.0 Å². The summed E-state index contributed by atoms with van der Waals surface area (Å²) in [5.41, 5.74) is 0. The smallest absolute Gasteiger partial charge is 0.401 e. The van der Waals surface area contributed by atoms with Gasteiger partial charge in [-0.2, -0.15) is 13.2 Å². The second kappa shape index (κ2) is 5.96. The molecule has 0 radical (unpaired) electrons. The predicted octanol–water partition coefficient (Wildman–Crippen LogP) is 2.96. The molecule has 1 aromatic rings. The van der Waals surface area contributed by atoms with Gasteiger partial charge in [-0.15, -0.1) is 0 Å². The SMILES string of the molecule is CC(NCCN(CC(F)(F)F)C1CC1)c1ccco1. The van der Waals surface area contributed by atoms with Crippen molar-refractivity contribution in [1.29, 1.82) is 0 Å². The number of halogens is 3. The van der Waals surface area contributed by atoms with Gasteiger partial charge in [0.15, 0.2) is 0 Å². The maximum absolute atomic E-state index is 12.4. The Hall–Kier alpha value is -1.01. The minimum atomic E-state index is -4.12. The minimum Gasteiger partial charge on any atom is -0.468 e. The van der Waals surface area contributed by atoms with E-state index in [9.17, 15) is 13.2 Å². The zero-order chi connectivity index (χ0) is 13.9. The molecule has 6 heteroatoms. The van der Waals surface area contributed by atoms with Crippen LogP contribution in [0.25, 0.3) is 0 Å². The zero-order valence-electron chi connectivity index (χ0n) is 10.9. The van der Waals surface area contributed by atoms with E-state index < -0.39 is 12.7 Å². The van der Waals surface area contributed by atoms with Crippen molar-refractivity contribution in [3.05, 3.63) is 24.2 Å². The molecule has 0 aromatic carbocycles. The third-order valence-electron chi connectivity index (χ3n) is 3.27. The Morgan fingerprint density at radius 3 is 2.74 bits per heavy atom. The zero-order valence-corrected chi connectivity index (χ0v) is 10.9. The van der Waals surface area contributed by atoms with Gasteiger partial charge >= 0.3 is 6.18 Å². The second-order valence-electron chi connectivity index (χ2n) is 5.01. The maximum atomic E-state index is 12.4. The molecule has 1 aliphatic carbocycles. The molecule has 1 aromatic heterocycles. The lowest BCUT2D eigenvalue weighted by molar-refractivity contribution is -0.147. The summed E-state index contributed by atoms with van der Waals surface area (Å²) in [6.45, 7) is 2.06. The Kier molecular flexibility index (Phi) is 4.52. The number of furan rings is 1. The molecule has 0 saturated heterocycles. The molecule has 2 rings (SSSR count). The van der Waals surface area contributed by atoms with Crippen LogP contribution in [0.5, 0.6) is 0 Å². The third-order valence-corrected chi connectivity index (χ3v) is 3.27. The average Bonchev–Trinajstić information content (AvgIpc) is 3.01. The molecule has 1 aliphatic rings. The molecule has 1 unspecified atom stereocenters. The van der Waals surface area contributed by atoms with Crippen LogP contribution in [-0.4, -0.2) is 36.8 Å². The maximum Gasteiger partial charge on any atom is 0.401 e. The number of alkyl halides is 3. The van der Waals surface area contributed by atoms with Crippen molar-refractivity contribution >= 4 is 0 Å². The fourth-order valence-electron chi connectivity index (χ4n) is 2.12. The molecule has 1 N–H and O–H groups in total. The lowest BCUT2D eigenvalue weighted by Crippen LogP contribution is -2.40. The monoisotopic (exact) mass is 276 g/mol. The van der Waals surface area contributed by atoms with Crippen LogP contribution >= 0.6 is 0 Å². The molecule has 1 heterocycles. The first-order valence-corrected chi connectivity index (χ1v) is 6.53. The Morgan fingerprint density at radius 1 is 1.47 bits per heavy atom. The summed E-state index contributed by atoms with van der Waals surface area (Å²) < 4.78 is 42.5. The summed E-state index contributed by atoms with van der Waals surface area (Å²) >= 11 is 0. The van der Waals surface area contributed by atoms with Crippen molar-refractivity contribution < 1.29 is 17.6 Å². The topological polar surface area (TPSA) is 28.4 Å². The molecule has 19 heavy (non-hydrogen) atoms. The van der Waals surface area contributed by atoms with Crippen LogP contribution in [0, 0.1) is 0 Å². The van der Waals surface area contributed by atoms with E-state index in [2.05, 4.69) is 5.32 Å². The van der Waals surface area contributed by atoms with Gasteiger partial charge in [-0.1, -0.05) is 0 Å². The van der Waals surface area contributed by atoms with E-state index in [0.29, 0.717) is 13.1 Å². The quantitative estimate of drug-likeness (QED) is 0.830. The van der Waals surface area contributed by atoms with Crippen molar-refractivity contribution in [3.8, 4) is 0 Å². The van der Waals surface area contributed by atoms with Crippen molar-refractivity contribution in [1.82, 2.24) is 10.2 Å². The summed E-state index contributed by atoms with van der Waals surface area (Å²) in [5.74, 6) is 0.800. The molecule has 0 bridgehead atoms. The molecule has 1 atom stereocenters.